The molecule has 25 aromatic carbocycles. The van der Waals surface area contributed by atoms with Gasteiger partial charge in [0.05, 0.1) is 0 Å². The second-order valence-electron chi connectivity index (χ2n) is 36.4. The Morgan fingerprint density at radius 3 is 0.464 bits per heavy atom. The molecule has 0 nitrogen and oxygen atoms in total. The van der Waals surface area contributed by atoms with Crippen molar-refractivity contribution >= 4 is 64.6 Å². The lowest BCUT2D eigenvalue weighted by Gasteiger charge is -2.23. The second-order valence-corrected chi connectivity index (χ2v) is 36.4. The van der Waals surface area contributed by atoms with Gasteiger partial charge in [0.1, 0.15) is 0 Å². The van der Waals surface area contributed by atoms with Gasteiger partial charge >= 0.3 is 0 Å². The van der Waals surface area contributed by atoms with Gasteiger partial charge < -0.3 is 0 Å². The van der Waals surface area contributed by atoms with Gasteiger partial charge in [0.25, 0.3) is 0 Å². The molecule has 0 radical (unpaired) electrons. The van der Waals surface area contributed by atoms with E-state index >= 15 is 0 Å². The molecule has 0 fully saturated rings. The van der Waals surface area contributed by atoms with Crippen LogP contribution in [0.25, 0.3) is 265 Å². The van der Waals surface area contributed by atoms with Crippen molar-refractivity contribution in [1.29, 1.82) is 0 Å². The minimum atomic E-state index is 1.07. The van der Waals surface area contributed by atoms with Crippen LogP contribution >= 0.6 is 0 Å². The van der Waals surface area contributed by atoms with Crippen molar-refractivity contribution < 1.29 is 0 Å². The fourth-order valence-corrected chi connectivity index (χ4v) is 21.5. The van der Waals surface area contributed by atoms with Crippen LogP contribution in [0, 0.1) is 0 Å². The van der Waals surface area contributed by atoms with Gasteiger partial charge in [-0.15, -0.1) is 0 Å². The first-order valence-electron chi connectivity index (χ1n) is 47.8. The van der Waals surface area contributed by atoms with Crippen molar-refractivity contribution in [2.75, 3.05) is 0 Å². The van der Waals surface area contributed by atoms with E-state index in [1.54, 1.807) is 0 Å². The maximum atomic E-state index is 2.55. The van der Waals surface area contributed by atoms with E-state index in [4.69, 9.17) is 0 Å². The van der Waals surface area contributed by atoms with E-state index in [0.29, 0.717) is 0 Å². The smallest absolute Gasteiger partial charge is 0.00206 e. The van der Waals surface area contributed by atoms with Crippen molar-refractivity contribution in [3.05, 3.63) is 546 Å². The van der Waals surface area contributed by atoms with Crippen LogP contribution in [0.2, 0.25) is 0 Å². The lowest BCUT2D eigenvalue weighted by atomic mass is 9.80. The molecule has 0 amide bonds. The maximum Gasteiger partial charge on any atom is -0.00206 e. The van der Waals surface area contributed by atoms with Gasteiger partial charge in [-0.05, 0) is 338 Å². The van der Waals surface area contributed by atoms with Crippen LogP contribution in [0.1, 0.15) is 0 Å². The first kappa shape index (κ1) is 82.0. The van der Waals surface area contributed by atoms with Crippen molar-refractivity contribution in [2.24, 2.45) is 0 Å². The number of fused-ring (bicyclic) bond motifs is 6. The molecule has 0 aliphatic heterocycles. The molecule has 0 saturated heterocycles. The minimum absolute atomic E-state index is 1.07. The van der Waals surface area contributed by atoms with Crippen LogP contribution in [-0.4, -0.2) is 0 Å². The topological polar surface area (TPSA) is 0 Å². The summed E-state index contributed by atoms with van der Waals surface area (Å²) in [5.74, 6) is 0. The van der Waals surface area contributed by atoms with Crippen molar-refractivity contribution in [2.45, 2.75) is 0 Å². The number of benzene rings is 25. The van der Waals surface area contributed by atoms with E-state index in [0.717, 1.165) is 199 Å². The molecule has 0 aliphatic rings. The highest BCUT2D eigenvalue weighted by Crippen LogP contribution is 2.54. The first-order chi connectivity index (χ1) is 68.4. The molecule has 0 aromatic heterocycles. The lowest BCUT2D eigenvalue weighted by molar-refractivity contribution is 1.56. The average Bonchev–Trinajstić information content (AvgIpc) is 0.738. The molecule has 138 heavy (non-hydrogen) atoms. The zero-order valence-electron chi connectivity index (χ0n) is 76.0. The summed E-state index contributed by atoms with van der Waals surface area (Å²) in [4.78, 5) is 0. The zero-order chi connectivity index (χ0) is 91.4. The highest BCUT2D eigenvalue weighted by Gasteiger charge is 2.27. The summed E-state index contributed by atoms with van der Waals surface area (Å²) in [5.41, 5.74) is 41.2. The molecule has 0 unspecified atom stereocenters. The summed E-state index contributed by atoms with van der Waals surface area (Å²) >= 11 is 0. The molecule has 0 spiro atoms. The summed E-state index contributed by atoms with van der Waals surface area (Å²) in [6.07, 6.45) is 0. The van der Waals surface area contributed by atoms with Gasteiger partial charge in [-0.3, -0.25) is 0 Å². The van der Waals surface area contributed by atoms with Crippen LogP contribution in [0.15, 0.2) is 546 Å². The molecular formula is C138H90. The Hall–Kier alpha value is -17.9. The van der Waals surface area contributed by atoms with Gasteiger partial charge in [0.15, 0.2) is 0 Å². The van der Waals surface area contributed by atoms with E-state index in [-0.39, 0.29) is 0 Å². The van der Waals surface area contributed by atoms with E-state index in [9.17, 15) is 0 Å². The molecule has 0 heteroatoms. The maximum absolute atomic E-state index is 2.55. The zero-order valence-corrected chi connectivity index (χ0v) is 76.0. The summed E-state index contributed by atoms with van der Waals surface area (Å²) < 4.78 is 0. The molecule has 0 atom stereocenters. The third-order valence-corrected chi connectivity index (χ3v) is 28.3. The fraction of sp³-hybridized carbons (Fsp3) is 0. The van der Waals surface area contributed by atoms with Crippen molar-refractivity contribution in [1.82, 2.24) is 0 Å². The standard InChI is InChI=1S/C138H90/c1-10-31-91(32-11-1)100-49-28-52-109(79-100)118-73-76-130(133-88-106(58-70-127(118)133)97-43-22-7-23-44-97)136-121-64-55-103(94-37-16-4-17-38-94)82-112(121)61-67-124(136)115-85-116(125-68-62-113-83-104(95-39-18-5-19-40-95)56-65-122(113)137(125)131-77-74-119(110-53-29-50-101(80-110)92-33-12-2-13-34-92)128-71-59-107(89-134(128)131)98-45-24-8-25-46-98)87-117(86-115)126-69-63-114-84-105(96-41-20-6-21-42-96)57-66-123(114)138(126)132-78-75-120(111-54-30-51-102(81-111)93-35-14-3-15-36-93)129-72-60-108(90-135(129)132)99-47-26-9-27-48-99/h1-90H. The summed E-state index contributed by atoms with van der Waals surface area (Å²) in [5, 5.41) is 13.8. The number of rotatable bonds is 18. The SMILES string of the molecule is c1ccc(-c2cccc(-c3ccc(-c4c(-c5cc(-c6ccc7cc(-c8ccccc8)ccc7c6-c6ccc(-c7cccc(-c8ccccc8)c7)c7ccc(-c8ccccc8)cc67)cc(-c6ccc7cc(-c8ccccc8)ccc7c6-c6ccc(-c7cccc(-c8ccccc8)c7)c7ccc(-c8ccccc8)cc67)c5)ccc5cc(-c6ccccc6)ccc45)c4cc(-c5ccccc5)ccc34)c2)cc1. The van der Waals surface area contributed by atoms with Gasteiger partial charge in [0, 0.05) is 0 Å². The predicted molar refractivity (Wildman–Crippen MR) is 589 cm³/mol. The molecule has 0 N–H and O–H groups in total. The second kappa shape index (κ2) is 35.5. The van der Waals surface area contributed by atoms with E-state index < -0.39 is 0 Å². The molecule has 25 rings (SSSR count). The number of hydrogen-bond acceptors (Lipinski definition) is 0. The Labute approximate surface area is 805 Å². The Kier molecular flexibility index (Phi) is 21.1. The highest BCUT2D eigenvalue weighted by molar-refractivity contribution is 6.20. The lowest BCUT2D eigenvalue weighted by Crippen LogP contribution is -1.96. The molecule has 25 aromatic rings. The predicted octanol–water partition coefficient (Wildman–Crippen LogP) is 38.6. The monoisotopic (exact) mass is 1750 g/mol. The highest BCUT2D eigenvalue weighted by atomic mass is 14.3. The van der Waals surface area contributed by atoms with Crippen LogP contribution in [-0.2, 0) is 0 Å². The molecule has 0 bridgehead atoms. The normalized spacial score (nSPS) is 11.5. The third kappa shape index (κ3) is 15.4. The Morgan fingerprint density at radius 2 is 0.239 bits per heavy atom. The van der Waals surface area contributed by atoms with Crippen LogP contribution < -0.4 is 0 Å². The average molecular weight is 1750 g/mol. The third-order valence-electron chi connectivity index (χ3n) is 28.3. The first-order valence-corrected chi connectivity index (χ1v) is 47.8. The molecule has 0 aliphatic carbocycles. The minimum Gasteiger partial charge on any atom is -0.0622 e. The van der Waals surface area contributed by atoms with Crippen molar-refractivity contribution in [3.63, 3.8) is 0 Å². The molecule has 642 valence electrons. The van der Waals surface area contributed by atoms with E-state index in [2.05, 4.69) is 546 Å². The summed E-state index contributed by atoms with van der Waals surface area (Å²) in [6, 6.07) is 205. The molecule has 0 saturated carbocycles. The van der Waals surface area contributed by atoms with E-state index in [1.165, 1.54) is 66.2 Å². The quantitative estimate of drug-likeness (QED) is 0.0803. The summed E-state index contributed by atoms with van der Waals surface area (Å²) in [6.45, 7) is 0. The van der Waals surface area contributed by atoms with Crippen molar-refractivity contribution in [3.8, 4) is 200 Å². The molecule has 0 heterocycles. The van der Waals surface area contributed by atoms with Crippen LogP contribution in [0.4, 0.5) is 0 Å². The van der Waals surface area contributed by atoms with Gasteiger partial charge in [-0.2, -0.15) is 0 Å². The van der Waals surface area contributed by atoms with Crippen LogP contribution in [0.5, 0.6) is 0 Å². The van der Waals surface area contributed by atoms with Gasteiger partial charge in [-0.25, -0.2) is 0 Å². The Bertz CT molecular complexity index is 8130. The van der Waals surface area contributed by atoms with Gasteiger partial charge in [0.2, 0.25) is 0 Å². The van der Waals surface area contributed by atoms with E-state index in [1.807, 2.05) is 0 Å². The molecular weight excluding hydrogens is 1660 g/mol. The van der Waals surface area contributed by atoms with Gasteiger partial charge in [-0.1, -0.05) is 473 Å². The Morgan fingerprint density at radius 1 is 0.0725 bits per heavy atom. The fourth-order valence-electron chi connectivity index (χ4n) is 21.5. The summed E-state index contributed by atoms with van der Waals surface area (Å²) in [7, 11) is 0. The van der Waals surface area contributed by atoms with Crippen LogP contribution in [0.3, 0.4) is 0 Å². The largest absolute Gasteiger partial charge is 0.0622 e. The number of hydrogen-bond donors (Lipinski definition) is 0. The Balaban J connectivity index is 0.809.